The Labute approximate surface area is 113 Å². The lowest BCUT2D eigenvalue weighted by Crippen LogP contribution is -2.11. The number of hydrogen-bond donors (Lipinski definition) is 1. The van der Waals surface area contributed by atoms with E-state index in [0.717, 1.165) is 0 Å². The molecule has 0 fully saturated rings. The van der Waals surface area contributed by atoms with Crippen molar-refractivity contribution in [1.82, 2.24) is 14.8 Å². The van der Waals surface area contributed by atoms with Gasteiger partial charge in [0, 0.05) is 12.3 Å². The number of pyridine rings is 1. The molecule has 0 atom stereocenters. The number of methoxy groups -OCH3 is 1. The van der Waals surface area contributed by atoms with Crippen LogP contribution in [0.15, 0.2) is 24.4 Å². The molecule has 0 amide bonds. The molecule has 2 aromatic rings. The molecule has 0 aliphatic carbocycles. The fraction of sp³-hybridized carbons (Fsp3) is 0.182. The molecule has 2 heterocycles. The van der Waals surface area contributed by atoms with Crippen molar-refractivity contribution in [1.29, 1.82) is 0 Å². The Morgan fingerprint density at radius 2 is 2.37 bits per heavy atom. The summed E-state index contributed by atoms with van der Waals surface area (Å²) >= 11 is 6.00. The highest BCUT2D eigenvalue weighted by molar-refractivity contribution is 6.32. The van der Waals surface area contributed by atoms with Crippen LogP contribution in [0.5, 0.6) is 5.88 Å². The number of ether oxygens (including phenoxy) is 2. The fourth-order valence-electron chi connectivity index (χ4n) is 1.37. The molecule has 0 spiro atoms. The van der Waals surface area contributed by atoms with Crippen LogP contribution in [-0.2, 0) is 11.3 Å². The molecule has 0 saturated carbocycles. The first-order valence-electron chi connectivity index (χ1n) is 5.22. The average Bonchev–Trinajstić information content (AvgIpc) is 2.82. The lowest BCUT2D eigenvalue weighted by atomic mass is 10.4. The molecule has 2 aromatic heterocycles. The maximum absolute atomic E-state index is 11.1. The van der Waals surface area contributed by atoms with E-state index in [1.54, 1.807) is 12.1 Å². The van der Waals surface area contributed by atoms with Gasteiger partial charge in [-0.15, -0.1) is 0 Å². The minimum Gasteiger partial charge on any atom is -0.437 e. The van der Waals surface area contributed by atoms with Gasteiger partial charge >= 0.3 is 6.16 Å². The first-order valence-corrected chi connectivity index (χ1v) is 5.60. The lowest BCUT2D eigenvalue weighted by molar-refractivity contribution is 0.118. The monoisotopic (exact) mass is 283 g/mol. The van der Waals surface area contributed by atoms with Crippen molar-refractivity contribution >= 4 is 17.8 Å². The molecule has 0 aliphatic heterocycles. The summed E-state index contributed by atoms with van der Waals surface area (Å²) in [5, 5.41) is 13.4. The molecule has 0 unspecified atom stereocenters. The maximum Gasteiger partial charge on any atom is 0.514 e. The molecule has 1 N–H and O–H groups in total. The molecule has 8 heteroatoms. The zero-order valence-electron chi connectivity index (χ0n) is 9.91. The van der Waals surface area contributed by atoms with Crippen LogP contribution in [0.3, 0.4) is 0 Å². The van der Waals surface area contributed by atoms with E-state index in [9.17, 15) is 4.79 Å². The van der Waals surface area contributed by atoms with Crippen molar-refractivity contribution in [2.45, 2.75) is 6.61 Å². The zero-order chi connectivity index (χ0) is 13.8. The van der Waals surface area contributed by atoms with E-state index in [2.05, 4.69) is 14.8 Å². The second-order valence-corrected chi connectivity index (χ2v) is 3.82. The van der Waals surface area contributed by atoms with E-state index in [0.29, 0.717) is 10.7 Å². The fourth-order valence-corrected chi connectivity index (χ4v) is 1.57. The molecule has 0 aromatic carbocycles. The van der Waals surface area contributed by atoms with E-state index in [1.165, 1.54) is 24.1 Å². The van der Waals surface area contributed by atoms with E-state index < -0.39 is 6.16 Å². The van der Waals surface area contributed by atoms with Gasteiger partial charge in [0.25, 0.3) is 0 Å². The first kappa shape index (κ1) is 13.3. The number of nitrogens with zero attached hydrogens (tertiary/aromatic N) is 3. The Balaban J connectivity index is 2.46. The van der Waals surface area contributed by atoms with Gasteiger partial charge in [-0.1, -0.05) is 11.6 Å². The lowest BCUT2D eigenvalue weighted by Gasteiger charge is -2.07. The second-order valence-electron chi connectivity index (χ2n) is 3.41. The molecule has 0 aliphatic rings. The number of halogens is 1. The van der Waals surface area contributed by atoms with Crippen molar-refractivity contribution in [3.63, 3.8) is 0 Å². The summed E-state index contributed by atoms with van der Waals surface area (Å²) in [7, 11) is 1.18. The number of hydrogen-bond acceptors (Lipinski definition) is 6. The minimum atomic E-state index is -0.905. The number of carbonyl (C=O) groups excluding carboxylic acids is 1. The van der Waals surface area contributed by atoms with Gasteiger partial charge in [-0.2, -0.15) is 9.78 Å². The molecule has 0 radical (unpaired) electrons. The average molecular weight is 284 g/mol. The van der Waals surface area contributed by atoms with Gasteiger partial charge in [0.1, 0.15) is 0 Å². The van der Waals surface area contributed by atoms with Gasteiger partial charge < -0.3 is 14.6 Å². The predicted octanol–water partition coefficient (Wildman–Crippen LogP) is 1.56. The third-order valence-electron chi connectivity index (χ3n) is 2.18. The quantitative estimate of drug-likeness (QED) is 0.860. The van der Waals surface area contributed by atoms with Crippen LogP contribution in [0.4, 0.5) is 4.79 Å². The standard InChI is InChI=1S/C11H10ClN3O4/c1-18-11(17)19-9-5-7(6-16)14-15(9)10-8(12)3-2-4-13-10/h2-5,16H,6H2,1H3. The Morgan fingerprint density at radius 1 is 1.58 bits per heavy atom. The van der Waals surface area contributed by atoms with Crippen LogP contribution in [0.1, 0.15) is 5.69 Å². The normalized spacial score (nSPS) is 10.3. The number of aliphatic hydroxyl groups is 1. The Kier molecular flexibility index (Phi) is 3.98. The molecule has 0 bridgehead atoms. The van der Waals surface area contributed by atoms with Crippen LogP contribution in [0, 0.1) is 0 Å². The second kappa shape index (κ2) is 5.68. The number of aromatic nitrogens is 3. The van der Waals surface area contributed by atoms with Crippen LogP contribution in [0.25, 0.3) is 5.82 Å². The van der Waals surface area contributed by atoms with Crippen LogP contribution in [-0.4, -0.2) is 33.1 Å². The third kappa shape index (κ3) is 2.83. The van der Waals surface area contributed by atoms with Gasteiger partial charge in [0.15, 0.2) is 5.82 Å². The smallest absolute Gasteiger partial charge is 0.437 e. The van der Waals surface area contributed by atoms with Crippen molar-refractivity contribution < 1.29 is 19.4 Å². The summed E-state index contributed by atoms with van der Waals surface area (Å²) in [6.07, 6.45) is 0.612. The van der Waals surface area contributed by atoms with E-state index >= 15 is 0 Å². The van der Waals surface area contributed by atoms with Gasteiger partial charge in [-0.05, 0) is 12.1 Å². The van der Waals surface area contributed by atoms with E-state index in [4.69, 9.17) is 21.4 Å². The van der Waals surface area contributed by atoms with E-state index in [1.807, 2.05) is 0 Å². The topological polar surface area (TPSA) is 86.5 Å². The van der Waals surface area contributed by atoms with Crippen molar-refractivity contribution in [3.8, 4) is 11.7 Å². The van der Waals surface area contributed by atoms with Gasteiger partial charge in [0.2, 0.25) is 5.88 Å². The predicted molar refractivity (Wildman–Crippen MR) is 65.3 cm³/mol. The number of aliphatic hydroxyl groups excluding tert-OH is 1. The summed E-state index contributed by atoms with van der Waals surface area (Å²) in [4.78, 5) is 15.2. The summed E-state index contributed by atoms with van der Waals surface area (Å²) < 4.78 is 10.5. The Morgan fingerprint density at radius 3 is 3.00 bits per heavy atom. The molecule has 19 heavy (non-hydrogen) atoms. The van der Waals surface area contributed by atoms with Crippen molar-refractivity contribution in [2.75, 3.05) is 7.11 Å². The van der Waals surface area contributed by atoms with Gasteiger partial charge in [0.05, 0.1) is 24.4 Å². The highest BCUT2D eigenvalue weighted by Crippen LogP contribution is 2.23. The summed E-state index contributed by atoms with van der Waals surface area (Å²) in [5.41, 5.74) is 0.306. The zero-order valence-corrected chi connectivity index (χ0v) is 10.7. The largest absolute Gasteiger partial charge is 0.514 e. The van der Waals surface area contributed by atoms with Crippen LogP contribution in [0.2, 0.25) is 5.02 Å². The molecule has 2 rings (SSSR count). The number of rotatable bonds is 3. The Bertz CT molecular complexity index is 599. The van der Waals surface area contributed by atoms with Crippen LogP contribution >= 0.6 is 11.6 Å². The van der Waals surface area contributed by atoms with Gasteiger partial charge in [-0.3, -0.25) is 0 Å². The third-order valence-corrected chi connectivity index (χ3v) is 2.48. The van der Waals surface area contributed by atoms with Crippen LogP contribution < -0.4 is 4.74 Å². The number of carbonyl (C=O) groups is 1. The van der Waals surface area contributed by atoms with Crippen molar-refractivity contribution in [2.24, 2.45) is 0 Å². The Hall–Kier alpha value is -2.12. The maximum atomic E-state index is 11.1. The molecule has 7 nitrogen and oxygen atoms in total. The highest BCUT2D eigenvalue weighted by Gasteiger charge is 2.17. The van der Waals surface area contributed by atoms with Gasteiger partial charge in [-0.25, -0.2) is 9.78 Å². The molecule has 100 valence electrons. The van der Waals surface area contributed by atoms with Crippen molar-refractivity contribution in [3.05, 3.63) is 35.1 Å². The minimum absolute atomic E-state index is 0.0523. The summed E-state index contributed by atoms with van der Waals surface area (Å²) in [6.45, 7) is -0.311. The molecule has 0 saturated heterocycles. The SMILES string of the molecule is COC(=O)Oc1cc(CO)nn1-c1ncccc1Cl. The highest BCUT2D eigenvalue weighted by atomic mass is 35.5. The summed E-state index contributed by atoms with van der Waals surface area (Å²) in [5.74, 6) is 0.333. The first-order chi connectivity index (χ1) is 9.15. The molecular formula is C11H10ClN3O4. The molecular weight excluding hydrogens is 274 g/mol. The van der Waals surface area contributed by atoms with E-state index in [-0.39, 0.29) is 18.3 Å². The summed E-state index contributed by atoms with van der Waals surface area (Å²) in [6, 6.07) is 4.66.